The lowest BCUT2D eigenvalue weighted by Gasteiger charge is -2.39. The fourth-order valence-corrected chi connectivity index (χ4v) is 4.26. The molecule has 0 unspecified atom stereocenters. The van der Waals surface area contributed by atoms with Crippen molar-refractivity contribution in [2.24, 2.45) is 0 Å². The number of aromatic amines is 1. The summed E-state index contributed by atoms with van der Waals surface area (Å²) in [5.41, 5.74) is 6.52. The maximum atomic E-state index is 13.2. The van der Waals surface area contributed by atoms with Gasteiger partial charge in [0.1, 0.15) is 5.82 Å². The molecule has 4 rings (SSSR count). The molecule has 5 nitrogen and oxygen atoms in total. The van der Waals surface area contributed by atoms with Crippen LogP contribution in [0.1, 0.15) is 70.7 Å². The maximum Gasteiger partial charge on any atom is 0.253 e. The average molecular weight is 451 g/mol. The van der Waals surface area contributed by atoms with E-state index >= 15 is 0 Å². The van der Waals surface area contributed by atoms with E-state index in [0.717, 1.165) is 54.0 Å². The lowest BCUT2D eigenvalue weighted by atomic mass is 9.90. The number of H-pyrrole nitrogens is 1. The number of aromatic nitrogens is 2. The molecule has 0 spiro atoms. The number of benzene rings is 2. The molecule has 1 saturated heterocycles. The van der Waals surface area contributed by atoms with Gasteiger partial charge in [-0.15, -0.1) is 11.8 Å². The summed E-state index contributed by atoms with van der Waals surface area (Å²) in [7, 11) is 0. The van der Waals surface area contributed by atoms with Gasteiger partial charge in [-0.2, -0.15) is 5.26 Å². The smallest absolute Gasteiger partial charge is 0.253 e. The van der Waals surface area contributed by atoms with Gasteiger partial charge in [0, 0.05) is 55.1 Å². The lowest BCUT2D eigenvalue weighted by molar-refractivity contribution is 0.0602. The first-order valence-electron chi connectivity index (χ1n) is 11.9. The highest BCUT2D eigenvalue weighted by molar-refractivity contribution is 5.96. The van der Waals surface area contributed by atoms with Crippen molar-refractivity contribution in [3.05, 3.63) is 76.2 Å². The van der Waals surface area contributed by atoms with Crippen LogP contribution < -0.4 is 0 Å². The van der Waals surface area contributed by atoms with Crippen molar-refractivity contribution in [2.45, 2.75) is 52.4 Å². The highest BCUT2D eigenvalue weighted by Gasteiger charge is 2.32. The second kappa shape index (κ2) is 10.4. The molecule has 1 aliphatic rings. The van der Waals surface area contributed by atoms with Crippen molar-refractivity contribution in [1.82, 2.24) is 14.9 Å². The van der Waals surface area contributed by atoms with Crippen molar-refractivity contribution >= 4 is 5.91 Å². The minimum atomic E-state index is 0.0470. The zero-order chi connectivity index (χ0) is 24.1. The topological polar surface area (TPSA) is 72.8 Å². The fraction of sp³-hybridized carbons (Fsp3) is 0.345. The van der Waals surface area contributed by atoms with Crippen LogP contribution in [0.3, 0.4) is 0 Å². The molecule has 5 heteroatoms. The summed E-state index contributed by atoms with van der Waals surface area (Å²) in [6.45, 7) is 7.60. The second-order valence-electron chi connectivity index (χ2n) is 8.93. The van der Waals surface area contributed by atoms with Crippen LogP contribution >= 0.6 is 0 Å². The van der Waals surface area contributed by atoms with E-state index in [2.05, 4.69) is 36.7 Å². The summed E-state index contributed by atoms with van der Waals surface area (Å²) in [5.74, 6) is 7.69. The molecule has 2 aromatic carbocycles. The third-order valence-electron chi connectivity index (χ3n) is 6.34. The molecule has 0 atom stereocenters. The largest absolute Gasteiger partial charge is 0.346 e. The number of carbonyl (C=O) groups is 1. The zero-order valence-electron chi connectivity index (χ0n) is 20.1. The fourth-order valence-electron chi connectivity index (χ4n) is 4.26. The molecule has 1 aliphatic heterocycles. The first kappa shape index (κ1) is 23.3. The summed E-state index contributed by atoms with van der Waals surface area (Å²) in [6, 6.07) is 15.7. The summed E-state index contributed by atoms with van der Waals surface area (Å²) >= 11 is 0. The Balaban J connectivity index is 1.45. The van der Waals surface area contributed by atoms with Gasteiger partial charge in [-0.1, -0.05) is 25.1 Å². The lowest BCUT2D eigenvalue weighted by Crippen LogP contribution is -2.48. The van der Waals surface area contributed by atoms with Crippen molar-refractivity contribution in [3.63, 3.8) is 0 Å². The van der Waals surface area contributed by atoms with Gasteiger partial charge in [0.2, 0.25) is 0 Å². The molecular weight excluding hydrogens is 420 g/mol. The quantitative estimate of drug-likeness (QED) is 0.501. The number of carbonyl (C=O) groups excluding carboxylic acids is 1. The van der Waals surface area contributed by atoms with Gasteiger partial charge >= 0.3 is 0 Å². The summed E-state index contributed by atoms with van der Waals surface area (Å²) < 4.78 is 0. The van der Waals surface area contributed by atoms with Crippen molar-refractivity contribution in [3.8, 4) is 29.2 Å². The standard InChI is InChI=1S/C29H30N4O/c1-4-5-6-7-8-9-27-31-21(3)28(32-27)26-16-24(13-10-20(26)2)29(34)33-18-25(19-33)23-14-11-22(17-30)12-15-23/h10-16,25H,4-5,8-9,18-19H2,1-3H3,(H,31,32). The van der Waals surface area contributed by atoms with Crippen LogP contribution in [0.5, 0.6) is 0 Å². The number of nitrogens with one attached hydrogen (secondary N) is 1. The predicted molar refractivity (Wildman–Crippen MR) is 134 cm³/mol. The Labute approximate surface area is 201 Å². The molecule has 3 aromatic rings. The number of nitriles is 1. The van der Waals surface area contributed by atoms with E-state index in [9.17, 15) is 4.79 Å². The number of nitrogens with zero attached hydrogens (tertiary/aromatic N) is 3. The molecule has 1 N–H and O–H groups in total. The predicted octanol–water partition coefficient (Wildman–Crippen LogP) is 5.54. The highest BCUT2D eigenvalue weighted by Crippen LogP contribution is 2.31. The molecule has 2 heterocycles. The Morgan fingerprint density at radius 1 is 1.12 bits per heavy atom. The molecular formula is C29H30N4O. The van der Waals surface area contributed by atoms with Crippen molar-refractivity contribution in [2.75, 3.05) is 13.1 Å². The third-order valence-corrected chi connectivity index (χ3v) is 6.34. The van der Waals surface area contributed by atoms with E-state index in [1.165, 1.54) is 5.56 Å². The number of hydrogen-bond donors (Lipinski definition) is 1. The van der Waals surface area contributed by atoms with Gasteiger partial charge in [0.25, 0.3) is 5.91 Å². The van der Waals surface area contributed by atoms with Crippen LogP contribution in [0, 0.1) is 37.0 Å². The number of amides is 1. The van der Waals surface area contributed by atoms with Crippen LogP contribution in [0.4, 0.5) is 0 Å². The first-order chi connectivity index (χ1) is 16.5. The van der Waals surface area contributed by atoms with Gasteiger partial charge in [-0.25, -0.2) is 4.98 Å². The molecule has 1 aromatic heterocycles. The zero-order valence-corrected chi connectivity index (χ0v) is 20.1. The number of unbranched alkanes of at least 4 members (excludes halogenated alkanes) is 1. The minimum Gasteiger partial charge on any atom is -0.346 e. The molecule has 34 heavy (non-hydrogen) atoms. The van der Waals surface area contributed by atoms with Crippen molar-refractivity contribution < 1.29 is 4.79 Å². The Bertz CT molecular complexity index is 1280. The Hall–Kier alpha value is -3.83. The molecule has 172 valence electrons. The van der Waals surface area contributed by atoms with Crippen LogP contribution in [-0.4, -0.2) is 33.9 Å². The Kier molecular flexibility index (Phi) is 7.14. The summed E-state index contributed by atoms with van der Waals surface area (Å²) in [5, 5.41) is 8.97. The van der Waals surface area contributed by atoms with Gasteiger partial charge in [0.05, 0.1) is 17.3 Å². The Morgan fingerprint density at radius 3 is 2.56 bits per heavy atom. The monoisotopic (exact) mass is 450 g/mol. The first-order valence-corrected chi connectivity index (χ1v) is 11.9. The number of hydrogen-bond acceptors (Lipinski definition) is 3. The molecule has 0 bridgehead atoms. The second-order valence-corrected chi connectivity index (χ2v) is 8.93. The van der Waals surface area contributed by atoms with E-state index in [0.29, 0.717) is 30.1 Å². The van der Waals surface area contributed by atoms with E-state index in [1.54, 1.807) is 0 Å². The Morgan fingerprint density at radius 2 is 1.85 bits per heavy atom. The molecule has 1 amide bonds. The van der Waals surface area contributed by atoms with Crippen LogP contribution in [0.25, 0.3) is 11.3 Å². The normalized spacial score (nSPS) is 13.1. The average Bonchev–Trinajstić information content (AvgIpc) is 3.18. The number of likely N-dealkylation sites (tertiary alicyclic amines) is 1. The van der Waals surface area contributed by atoms with Crippen molar-refractivity contribution in [1.29, 1.82) is 5.26 Å². The van der Waals surface area contributed by atoms with Gasteiger partial charge < -0.3 is 9.88 Å². The molecule has 0 radical (unpaired) electrons. The number of imidazole rings is 1. The van der Waals surface area contributed by atoms with Gasteiger partial charge in [-0.05, 0) is 55.7 Å². The summed E-state index contributed by atoms with van der Waals surface area (Å²) in [4.78, 5) is 23.3. The van der Waals surface area contributed by atoms with Gasteiger partial charge in [0.15, 0.2) is 0 Å². The summed E-state index contributed by atoms with van der Waals surface area (Å²) in [6.07, 6.45) is 3.60. The van der Waals surface area contributed by atoms with Crippen LogP contribution in [-0.2, 0) is 6.42 Å². The van der Waals surface area contributed by atoms with E-state index in [1.807, 2.05) is 54.3 Å². The number of aryl methyl sites for hydroxylation is 3. The maximum absolute atomic E-state index is 13.2. The minimum absolute atomic E-state index is 0.0470. The van der Waals surface area contributed by atoms with E-state index in [4.69, 9.17) is 10.2 Å². The molecule has 0 saturated carbocycles. The number of rotatable bonds is 6. The SMILES string of the molecule is CCCC#CCCc1nc(-c2cc(C(=O)N3CC(c4ccc(C#N)cc4)C3)ccc2C)c(C)[nH]1. The van der Waals surface area contributed by atoms with E-state index < -0.39 is 0 Å². The molecule has 1 fully saturated rings. The van der Waals surface area contributed by atoms with Crippen LogP contribution in [0.2, 0.25) is 0 Å². The van der Waals surface area contributed by atoms with E-state index in [-0.39, 0.29) is 5.91 Å². The molecule has 0 aliphatic carbocycles. The van der Waals surface area contributed by atoms with Gasteiger partial charge in [-0.3, -0.25) is 4.79 Å². The van der Waals surface area contributed by atoms with Crippen LogP contribution in [0.15, 0.2) is 42.5 Å². The highest BCUT2D eigenvalue weighted by atomic mass is 16.2. The third kappa shape index (κ3) is 5.05.